The summed E-state index contributed by atoms with van der Waals surface area (Å²) in [6.07, 6.45) is 1.84. The Labute approximate surface area is 222 Å². The van der Waals surface area contributed by atoms with E-state index in [-0.39, 0.29) is 18.7 Å². The van der Waals surface area contributed by atoms with Crippen LogP contribution in [0.4, 0.5) is 10.5 Å². The molecule has 1 radical (unpaired) electrons. The van der Waals surface area contributed by atoms with Crippen LogP contribution in [0.3, 0.4) is 0 Å². The Hall–Kier alpha value is -4.46. The van der Waals surface area contributed by atoms with Crippen molar-refractivity contribution in [3.8, 4) is 5.75 Å². The zero-order valence-corrected chi connectivity index (χ0v) is 21.6. The molecule has 0 spiro atoms. The van der Waals surface area contributed by atoms with Gasteiger partial charge in [-0.2, -0.15) is 0 Å². The summed E-state index contributed by atoms with van der Waals surface area (Å²) in [5, 5.41) is 2.70. The van der Waals surface area contributed by atoms with Gasteiger partial charge in [0, 0.05) is 23.7 Å². The second-order valence-corrected chi connectivity index (χ2v) is 8.97. The first-order chi connectivity index (χ1) is 18.2. The SMILES string of the molecule is CC(=O)c1ccc(NC(=O)N(CCc2ccc(OCc3ccccc3)cc2)C(=O)[CH]CC(C)C(N)=O)cc1. The summed E-state index contributed by atoms with van der Waals surface area (Å²) in [5.41, 5.74) is 8.24. The van der Waals surface area contributed by atoms with Crippen molar-refractivity contribution in [2.24, 2.45) is 11.7 Å². The molecule has 0 aliphatic rings. The number of hydrogen-bond acceptors (Lipinski definition) is 5. The van der Waals surface area contributed by atoms with Crippen LogP contribution in [0.2, 0.25) is 0 Å². The number of nitrogens with zero attached hydrogens (tertiary/aromatic N) is 1. The van der Waals surface area contributed by atoms with E-state index in [1.807, 2.05) is 54.6 Å². The van der Waals surface area contributed by atoms with Crippen molar-refractivity contribution in [3.63, 3.8) is 0 Å². The van der Waals surface area contributed by atoms with Gasteiger partial charge in [0.25, 0.3) is 0 Å². The molecule has 3 N–H and O–H groups in total. The van der Waals surface area contributed by atoms with Gasteiger partial charge < -0.3 is 15.8 Å². The van der Waals surface area contributed by atoms with E-state index in [1.165, 1.54) is 13.3 Å². The van der Waals surface area contributed by atoms with Crippen LogP contribution in [0.25, 0.3) is 0 Å². The van der Waals surface area contributed by atoms with Crippen LogP contribution in [-0.4, -0.2) is 35.1 Å². The number of nitrogens with one attached hydrogen (secondary N) is 1. The largest absolute Gasteiger partial charge is 0.489 e. The molecular weight excluding hydrogens is 482 g/mol. The summed E-state index contributed by atoms with van der Waals surface area (Å²) in [4.78, 5) is 49.9. The van der Waals surface area contributed by atoms with E-state index in [0.717, 1.165) is 16.0 Å². The number of hydrogen-bond donors (Lipinski definition) is 2. The first-order valence-corrected chi connectivity index (χ1v) is 12.3. The molecule has 0 heterocycles. The highest BCUT2D eigenvalue weighted by Crippen LogP contribution is 2.17. The molecule has 0 saturated heterocycles. The summed E-state index contributed by atoms with van der Waals surface area (Å²) in [6.45, 7) is 3.64. The smallest absolute Gasteiger partial charge is 0.328 e. The fourth-order valence-electron chi connectivity index (χ4n) is 3.53. The number of ether oxygens (including phenoxy) is 1. The fraction of sp³-hybridized carbons (Fsp3) is 0.233. The van der Waals surface area contributed by atoms with Crippen LogP contribution in [0.1, 0.15) is 41.8 Å². The average molecular weight is 515 g/mol. The first-order valence-electron chi connectivity index (χ1n) is 12.3. The number of nitrogens with two attached hydrogens (primary N) is 1. The highest BCUT2D eigenvalue weighted by atomic mass is 16.5. The minimum atomic E-state index is -0.614. The van der Waals surface area contributed by atoms with Gasteiger partial charge in [-0.1, -0.05) is 49.4 Å². The average Bonchev–Trinajstić information content (AvgIpc) is 2.92. The lowest BCUT2D eigenvalue weighted by molar-refractivity contribution is -0.125. The van der Waals surface area contributed by atoms with Gasteiger partial charge in [0.1, 0.15) is 12.4 Å². The van der Waals surface area contributed by atoms with Crippen molar-refractivity contribution in [2.45, 2.75) is 33.3 Å². The Morgan fingerprint density at radius 1 is 0.921 bits per heavy atom. The van der Waals surface area contributed by atoms with Crippen molar-refractivity contribution in [2.75, 3.05) is 11.9 Å². The highest BCUT2D eigenvalue weighted by molar-refractivity contribution is 6.04. The molecule has 0 bridgehead atoms. The molecule has 197 valence electrons. The predicted octanol–water partition coefficient (Wildman–Crippen LogP) is 4.79. The first kappa shape index (κ1) is 28.1. The number of imide groups is 1. The van der Waals surface area contributed by atoms with Gasteiger partial charge >= 0.3 is 6.03 Å². The fourth-order valence-corrected chi connectivity index (χ4v) is 3.53. The molecule has 1 unspecified atom stereocenters. The number of urea groups is 1. The van der Waals surface area contributed by atoms with E-state index in [2.05, 4.69) is 5.32 Å². The number of carbonyl (C=O) groups excluding carboxylic acids is 4. The van der Waals surface area contributed by atoms with Gasteiger partial charge in [0.15, 0.2) is 5.78 Å². The summed E-state index contributed by atoms with van der Waals surface area (Å²) >= 11 is 0. The molecule has 3 rings (SSSR count). The van der Waals surface area contributed by atoms with Crippen molar-refractivity contribution in [3.05, 3.63) is 102 Å². The lowest BCUT2D eigenvalue weighted by Gasteiger charge is -2.22. The maximum atomic E-state index is 13.0. The number of Topliss-reactive ketones (excluding diaryl/α,β-unsaturated/α-hetero) is 1. The molecule has 1 atom stereocenters. The topological polar surface area (TPSA) is 119 Å². The third kappa shape index (κ3) is 8.58. The summed E-state index contributed by atoms with van der Waals surface area (Å²) in [7, 11) is 0. The van der Waals surface area contributed by atoms with Crippen molar-refractivity contribution in [1.29, 1.82) is 0 Å². The van der Waals surface area contributed by atoms with E-state index < -0.39 is 23.8 Å². The number of primary amides is 1. The Morgan fingerprint density at radius 3 is 2.18 bits per heavy atom. The predicted molar refractivity (Wildman–Crippen MR) is 145 cm³/mol. The van der Waals surface area contributed by atoms with Gasteiger partial charge in [0.05, 0.1) is 6.42 Å². The van der Waals surface area contributed by atoms with Crippen molar-refractivity contribution in [1.82, 2.24) is 4.90 Å². The zero-order chi connectivity index (χ0) is 27.5. The molecule has 3 aromatic carbocycles. The van der Waals surface area contributed by atoms with E-state index >= 15 is 0 Å². The molecule has 0 aliphatic heterocycles. The molecule has 3 aromatic rings. The number of amides is 4. The minimum Gasteiger partial charge on any atom is -0.489 e. The second-order valence-electron chi connectivity index (χ2n) is 8.97. The normalized spacial score (nSPS) is 11.3. The van der Waals surface area contributed by atoms with Crippen molar-refractivity contribution < 1.29 is 23.9 Å². The van der Waals surface area contributed by atoms with E-state index in [9.17, 15) is 19.2 Å². The van der Waals surface area contributed by atoms with Crippen LogP contribution in [0.15, 0.2) is 78.9 Å². The molecule has 0 fully saturated rings. The molecule has 0 saturated carbocycles. The number of benzene rings is 3. The van der Waals surface area contributed by atoms with Crippen LogP contribution in [0.5, 0.6) is 5.75 Å². The van der Waals surface area contributed by atoms with E-state index in [4.69, 9.17) is 10.5 Å². The molecule has 8 heteroatoms. The van der Waals surface area contributed by atoms with Gasteiger partial charge in [-0.25, -0.2) is 4.79 Å². The lowest BCUT2D eigenvalue weighted by Crippen LogP contribution is -2.41. The Morgan fingerprint density at radius 2 is 1.58 bits per heavy atom. The van der Waals surface area contributed by atoms with Crippen LogP contribution in [-0.2, 0) is 22.6 Å². The Balaban J connectivity index is 1.64. The Kier molecular flexibility index (Phi) is 10.2. The number of rotatable bonds is 12. The maximum absolute atomic E-state index is 13.0. The monoisotopic (exact) mass is 514 g/mol. The quantitative estimate of drug-likeness (QED) is 0.337. The zero-order valence-electron chi connectivity index (χ0n) is 21.6. The third-order valence-corrected chi connectivity index (χ3v) is 5.98. The second kappa shape index (κ2) is 13.7. The van der Waals surface area contributed by atoms with Crippen LogP contribution in [0, 0.1) is 12.3 Å². The van der Waals surface area contributed by atoms with Crippen LogP contribution >= 0.6 is 0 Å². The number of anilines is 1. The lowest BCUT2D eigenvalue weighted by atomic mass is 10.0. The van der Waals surface area contributed by atoms with Gasteiger partial charge in [-0.15, -0.1) is 0 Å². The summed E-state index contributed by atoms with van der Waals surface area (Å²) in [5.74, 6) is -0.962. The number of ketones is 1. The number of carbonyl (C=O) groups is 4. The van der Waals surface area contributed by atoms with Gasteiger partial charge in [-0.3, -0.25) is 19.3 Å². The molecule has 0 aromatic heterocycles. The van der Waals surface area contributed by atoms with Gasteiger partial charge in [0.2, 0.25) is 11.8 Å². The maximum Gasteiger partial charge on any atom is 0.328 e. The summed E-state index contributed by atoms with van der Waals surface area (Å²) < 4.78 is 5.82. The molecule has 38 heavy (non-hydrogen) atoms. The molecule has 0 aliphatic carbocycles. The third-order valence-electron chi connectivity index (χ3n) is 5.98. The molecule has 4 amide bonds. The molecule has 8 nitrogen and oxygen atoms in total. The highest BCUT2D eigenvalue weighted by Gasteiger charge is 2.23. The van der Waals surface area contributed by atoms with Gasteiger partial charge in [-0.05, 0) is 67.3 Å². The minimum absolute atomic E-state index is 0.0886. The van der Waals surface area contributed by atoms with Crippen LogP contribution < -0.4 is 15.8 Å². The molecular formula is C30H32N3O5. The standard InChI is InChI=1S/C30H32N3O5/c1-21(29(31)36)8-17-28(35)33(30(37)32-26-13-11-25(12-14-26)22(2)34)19-18-23-9-15-27(16-10-23)38-20-24-6-4-3-5-7-24/h3-7,9-17,21H,8,18-20H2,1-2H3,(H2,31,36)(H,32,37). The van der Waals surface area contributed by atoms with Crippen molar-refractivity contribution >= 4 is 29.3 Å². The Bertz CT molecular complexity index is 1240. The van der Waals surface area contributed by atoms with E-state index in [1.54, 1.807) is 31.2 Å². The summed E-state index contributed by atoms with van der Waals surface area (Å²) in [6, 6.07) is 23.1. The van der Waals surface area contributed by atoms with E-state index in [0.29, 0.717) is 30.0 Å².